The van der Waals surface area contributed by atoms with Crippen LogP contribution in [0.25, 0.3) is 10.8 Å². The van der Waals surface area contributed by atoms with E-state index < -0.39 is 14.4 Å². The molecular formula is C31H39IN4O5Si. The van der Waals surface area contributed by atoms with E-state index in [0.717, 1.165) is 75.6 Å². The number of hydrogen-bond donors (Lipinski definition) is 2. The van der Waals surface area contributed by atoms with Crippen molar-refractivity contribution in [2.24, 2.45) is 5.41 Å². The van der Waals surface area contributed by atoms with E-state index >= 15 is 0 Å². The first-order valence-corrected chi connectivity index (χ1v) is 19.1. The number of nitrogens with zero attached hydrogens (tertiary/aromatic N) is 4. The van der Waals surface area contributed by atoms with E-state index in [-0.39, 0.29) is 29.4 Å². The molecule has 2 aliphatic heterocycles. The van der Waals surface area contributed by atoms with Crippen molar-refractivity contribution in [2.75, 3.05) is 31.2 Å². The fourth-order valence-corrected chi connectivity index (χ4v) is 9.09. The number of ether oxygens (including phenoxy) is 1. The summed E-state index contributed by atoms with van der Waals surface area (Å²) in [6.45, 7) is 11.0. The average molecular weight is 703 g/mol. The number of rotatable bonds is 9. The summed E-state index contributed by atoms with van der Waals surface area (Å²) in [5.41, 5.74) is 1.90. The van der Waals surface area contributed by atoms with Crippen molar-refractivity contribution in [1.82, 2.24) is 14.9 Å². The van der Waals surface area contributed by atoms with Crippen LogP contribution in [0, 0.1) is 8.99 Å². The maximum atomic E-state index is 12.6. The van der Waals surface area contributed by atoms with Crippen molar-refractivity contribution in [1.29, 1.82) is 0 Å². The van der Waals surface area contributed by atoms with Gasteiger partial charge in [-0.2, -0.15) is 9.97 Å². The van der Waals surface area contributed by atoms with Gasteiger partial charge in [-0.25, -0.2) is 0 Å². The van der Waals surface area contributed by atoms with E-state index in [1.807, 2.05) is 18.2 Å². The molecule has 2 atom stereocenters. The molecule has 0 radical (unpaired) electrons. The van der Waals surface area contributed by atoms with Crippen LogP contribution in [-0.4, -0.2) is 71.7 Å². The smallest absolute Gasteiger partial charge is 0.318 e. The standard InChI is InChI=1S/C31H39IN4O5Si/c1-30(41-42(2,3)4)9-6-12-35(16-30)28-26-24(33-29(34-28)40-18-31(17-37)10-11-31)15-36(19-38)27(26)22-14-21(39)13-20-7-5-8-23(32)25(20)22/h5,7-8,13-14,19,27,37,39H,6,9-12,15-18H2,1-4H3/t27-,30?/m1/s1. The average Bonchev–Trinajstić information content (AvgIpc) is 3.61. The summed E-state index contributed by atoms with van der Waals surface area (Å²) >= 11 is 2.32. The van der Waals surface area contributed by atoms with E-state index in [4.69, 9.17) is 19.1 Å². The fourth-order valence-electron chi connectivity index (χ4n) is 6.61. The zero-order chi connectivity index (χ0) is 29.9. The van der Waals surface area contributed by atoms with Gasteiger partial charge in [0.05, 0.1) is 37.1 Å². The third-order valence-corrected chi connectivity index (χ3v) is 10.6. The Morgan fingerprint density at radius 1 is 1.19 bits per heavy atom. The van der Waals surface area contributed by atoms with Crippen molar-refractivity contribution < 1.29 is 24.2 Å². The Morgan fingerprint density at radius 2 is 1.98 bits per heavy atom. The Morgan fingerprint density at radius 3 is 2.67 bits per heavy atom. The quantitative estimate of drug-likeness (QED) is 0.174. The molecule has 9 nitrogen and oxygen atoms in total. The molecule has 0 spiro atoms. The summed E-state index contributed by atoms with van der Waals surface area (Å²) in [5.74, 6) is 0.889. The maximum absolute atomic E-state index is 12.6. The number of halogens is 1. The molecule has 3 heterocycles. The molecule has 1 aromatic heterocycles. The van der Waals surface area contributed by atoms with Crippen LogP contribution in [0.5, 0.6) is 11.8 Å². The van der Waals surface area contributed by atoms with Crippen LogP contribution in [0.2, 0.25) is 19.6 Å². The number of benzene rings is 2. The topological polar surface area (TPSA) is 108 Å². The first kappa shape index (κ1) is 29.6. The van der Waals surface area contributed by atoms with E-state index in [1.54, 1.807) is 17.0 Å². The van der Waals surface area contributed by atoms with Crippen LogP contribution in [0.15, 0.2) is 30.3 Å². The number of aromatic nitrogens is 2. The van der Waals surface area contributed by atoms with E-state index in [1.165, 1.54) is 0 Å². The molecular weight excluding hydrogens is 663 g/mol. The van der Waals surface area contributed by atoms with Gasteiger partial charge >= 0.3 is 6.01 Å². The zero-order valence-electron chi connectivity index (χ0n) is 24.7. The number of phenolic OH excluding ortho intramolecular Hbond substituents is 1. The van der Waals surface area contributed by atoms with Crippen LogP contribution in [0.3, 0.4) is 0 Å². The Bertz CT molecular complexity index is 1530. The second kappa shape index (κ2) is 10.9. The third-order valence-electron chi connectivity index (χ3n) is 8.60. The monoisotopic (exact) mass is 702 g/mol. The second-order valence-corrected chi connectivity index (χ2v) is 19.0. The Labute approximate surface area is 261 Å². The minimum absolute atomic E-state index is 0.0769. The first-order valence-electron chi connectivity index (χ1n) is 14.6. The number of hydrogen-bond acceptors (Lipinski definition) is 8. The highest BCUT2D eigenvalue weighted by molar-refractivity contribution is 14.1. The van der Waals surface area contributed by atoms with Crippen LogP contribution in [0.4, 0.5) is 5.82 Å². The third kappa shape index (κ3) is 5.72. The molecule has 2 fully saturated rings. The van der Waals surface area contributed by atoms with E-state index in [9.17, 15) is 15.0 Å². The predicted octanol–water partition coefficient (Wildman–Crippen LogP) is 5.36. The van der Waals surface area contributed by atoms with E-state index in [2.05, 4.69) is 54.1 Å². The van der Waals surface area contributed by atoms with Crippen molar-refractivity contribution >= 4 is 53.9 Å². The molecule has 2 aromatic carbocycles. The van der Waals surface area contributed by atoms with Gasteiger partial charge in [0.15, 0.2) is 8.32 Å². The maximum Gasteiger partial charge on any atom is 0.318 e. The largest absolute Gasteiger partial charge is 0.508 e. The molecule has 3 aliphatic rings. The van der Waals surface area contributed by atoms with Gasteiger partial charge in [0.25, 0.3) is 0 Å². The summed E-state index contributed by atoms with van der Waals surface area (Å²) in [5, 5.41) is 22.5. The fraction of sp³-hybridized carbons (Fsp3) is 0.516. The summed E-state index contributed by atoms with van der Waals surface area (Å²) in [6, 6.07) is 9.30. The van der Waals surface area contributed by atoms with Crippen LogP contribution < -0.4 is 9.64 Å². The highest BCUT2D eigenvalue weighted by atomic mass is 127. The SMILES string of the molecule is CC1(O[Si](C)(C)C)CCCN(c2nc(OCC3(CO)CC3)nc3c2[C@@H](c2cc(O)cc4cccc(I)c24)N(C=O)C3)C1. The van der Waals surface area contributed by atoms with Crippen molar-refractivity contribution in [3.05, 3.63) is 50.7 Å². The minimum atomic E-state index is -1.83. The highest BCUT2D eigenvalue weighted by Crippen LogP contribution is 2.48. The number of aliphatic hydroxyl groups is 1. The normalized spacial score (nSPS) is 23.2. The van der Waals surface area contributed by atoms with Gasteiger partial charge < -0.3 is 29.2 Å². The number of aromatic hydroxyl groups is 1. The van der Waals surface area contributed by atoms with Crippen molar-refractivity contribution in [3.63, 3.8) is 0 Å². The number of aliphatic hydroxyl groups excluding tert-OH is 1. The molecule has 6 rings (SSSR count). The number of fused-ring (bicyclic) bond motifs is 2. The Balaban J connectivity index is 1.50. The summed E-state index contributed by atoms with van der Waals surface area (Å²) in [7, 11) is -1.83. The first-order chi connectivity index (χ1) is 19.9. The number of anilines is 1. The number of phenols is 1. The molecule has 1 aliphatic carbocycles. The van der Waals surface area contributed by atoms with E-state index in [0.29, 0.717) is 19.7 Å². The molecule has 3 aromatic rings. The molecule has 1 saturated heterocycles. The molecule has 2 N–H and O–H groups in total. The molecule has 1 saturated carbocycles. The van der Waals surface area contributed by atoms with Crippen molar-refractivity contribution in [2.45, 2.75) is 70.4 Å². The van der Waals surface area contributed by atoms with Gasteiger partial charge in [0.1, 0.15) is 11.6 Å². The Hall–Kier alpha value is -2.48. The molecule has 0 bridgehead atoms. The number of carbonyl (C=O) groups is 1. The molecule has 224 valence electrons. The highest BCUT2D eigenvalue weighted by Gasteiger charge is 2.45. The lowest BCUT2D eigenvalue weighted by molar-refractivity contribution is -0.119. The summed E-state index contributed by atoms with van der Waals surface area (Å²) in [6.07, 6.45) is 4.61. The number of carbonyl (C=O) groups excluding carboxylic acids is 1. The summed E-state index contributed by atoms with van der Waals surface area (Å²) in [4.78, 5) is 26.5. The van der Waals surface area contributed by atoms with Gasteiger partial charge in [-0.1, -0.05) is 12.1 Å². The van der Waals surface area contributed by atoms with Crippen LogP contribution in [-0.2, 0) is 15.8 Å². The Kier molecular flexibility index (Phi) is 7.68. The molecule has 1 unspecified atom stereocenters. The molecule has 42 heavy (non-hydrogen) atoms. The minimum Gasteiger partial charge on any atom is -0.508 e. The van der Waals surface area contributed by atoms with Gasteiger partial charge in [0.2, 0.25) is 6.41 Å². The van der Waals surface area contributed by atoms with Gasteiger partial charge in [-0.05, 0) is 104 Å². The van der Waals surface area contributed by atoms with Crippen molar-refractivity contribution in [3.8, 4) is 11.8 Å². The lowest BCUT2D eigenvalue weighted by Gasteiger charge is -2.44. The van der Waals surface area contributed by atoms with Crippen LogP contribution >= 0.6 is 22.6 Å². The number of amides is 1. The molecule has 1 amide bonds. The summed E-state index contributed by atoms with van der Waals surface area (Å²) < 4.78 is 13.9. The van der Waals surface area contributed by atoms with Gasteiger partial charge in [-0.3, -0.25) is 4.79 Å². The van der Waals surface area contributed by atoms with Gasteiger partial charge in [0, 0.05) is 33.0 Å². The van der Waals surface area contributed by atoms with Crippen LogP contribution in [0.1, 0.15) is 55.5 Å². The predicted molar refractivity (Wildman–Crippen MR) is 172 cm³/mol. The van der Waals surface area contributed by atoms with Gasteiger partial charge in [-0.15, -0.1) is 0 Å². The number of piperidine rings is 1. The lowest BCUT2D eigenvalue weighted by Crippen LogP contribution is -2.52. The zero-order valence-corrected chi connectivity index (χ0v) is 27.8. The lowest BCUT2D eigenvalue weighted by atomic mass is 9.92. The second-order valence-electron chi connectivity index (χ2n) is 13.4. The molecule has 11 heteroatoms.